The van der Waals surface area contributed by atoms with Crippen molar-refractivity contribution in [1.29, 1.82) is 0 Å². The second kappa shape index (κ2) is 7.48. The molecule has 7 nitrogen and oxygen atoms in total. The number of carbonyl (C=O) groups is 2. The molecule has 0 aromatic carbocycles. The van der Waals surface area contributed by atoms with E-state index in [0.29, 0.717) is 30.0 Å². The van der Waals surface area contributed by atoms with Crippen LogP contribution in [0.4, 0.5) is 0 Å². The Morgan fingerprint density at radius 3 is 2.67 bits per heavy atom. The molecule has 1 fully saturated rings. The van der Waals surface area contributed by atoms with Crippen LogP contribution in [0.5, 0.6) is 0 Å². The largest absolute Gasteiger partial charge is 0.348 e. The SMILES string of the molecule is CCc1nnsc1C(=O)NC1CCN(C(=O)c2ccncc2)CC1. The maximum Gasteiger partial charge on any atom is 0.265 e. The number of amides is 2. The van der Waals surface area contributed by atoms with E-state index in [9.17, 15) is 9.59 Å². The first kappa shape index (κ1) is 16.5. The van der Waals surface area contributed by atoms with Gasteiger partial charge in [-0.25, -0.2) is 0 Å². The highest BCUT2D eigenvalue weighted by Gasteiger charge is 2.26. The molecule has 0 saturated carbocycles. The minimum Gasteiger partial charge on any atom is -0.348 e. The zero-order chi connectivity index (χ0) is 16.9. The molecule has 0 bridgehead atoms. The number of carbonyl (C=O) groups excluding carboxylic acids is 2. The number of piperidine rings is 1. The summed E-state index contributed by atoms with van der Waals surface area (Å²) < 4.78 is 3.85. The number of aromatic nitrogens is 3. The Hall–Kier alpha value is -2.35. The van der Waals surface area contributed by atoms with Crippen molar-refractivity contribution in [2.45, 2.75) is 32.2 Å². The fourth-order valence-corrected chi connectivity index (χ4v) is 3.42. The number of aryl methyl sites for hydroxylation is 1. The van der Waals surface area contributed by atoms with Crippen molar-refractivity contribution < 1.29 is 9.59 Å². The standard InChI is InChI=1S/C16H19N5O2S/c1-2-13-14(24-20-19-13)15(22)18-12-5-9-21(10-6-12)16(23)11-3-7-17-8-4-11/h3-4,7-8,12H,2,5-6,9-10H2,1H3,(H,18,22). The molecule has 3 rings (SSSR count). The summed E-state index contributed by atoms with van der Waals surface area (Å²) in [5.74, 6) is -0.0946. The highest BCUT2D eigenvalue weighted by molar-refractivity contribution is 7.08. The Morgan fingerprint density at radius 1 is 1.29 bits per heavy atom. The molecule has 2 aromatic rings. The van der Waals surface area contributed by atoms with Crippen LogP contribution in [0.15, 0.2) is 24.5 Å². The van der Waals surface area contributed by atoms with Gasteiger partial charge in [-0.05, 0) is 42.9 Å². The monoisotopic (exact) mass is 345 g/mol. The molecule has 1 N–H and O–H groups in total. The van der Waals surface area contributed by atoms with E-state index in [4.69, 9.17) is 0 Å². The van der Waals surface area contributed by atoms with Gasteiger partial charge in [-0.2, -0.15) is 0 Å². The predicted octanol–water partition coefficient (Wildman–Crippen LogP) is 1.53. The van der Waals surface area contributed by atoms with Gasteiger partial charge in [-0.15, -0.1) is 5.10 Å². The van der Waals surface area contributed by atoms with Crippen LogP contribution in [-0.4, -0.2) is 50.4 Å². The van der Waals surface area contributed by atoms with Crippen molar-refractivity contribution in [3.8, 4) is 0 Å². The number of nitrogens with one attached hydrogen (secondary N) is 1. The quantitative estimate of drug-likeness (QED) is 0.908. The summed E-state index contributed by atoms with van der Waals surface area (Å²) in [6.07, 6.45) is 5.42. The number of likely N-dealkylation sites (tertiary alicyclic amines) is 1. The summed E-state index contributed by atoms with van der Waals surface area (Å²) in [5, 5.41) is 7.01. The Labute approximate surface area is 144 Å². The minimum atomic E-state index is -0.110. The third-order valence-corrected chi connectivity index (χ3v) is 4.91. The van der Waals surface area contributed by atoms with Gasteiger partial charge in [0, 0.05) is 37.1 Å². The third kappa shape index (κ3) is 3.59. The predicted molar refractivity (Wildman–Crippen MR) is 89.9 cm³/mol. The van der Waals surface area contributed by atoms with Gasteiger partial charge in [0.25, 0.3) is 11.8 Å². The van der Waals surface area contributed by atoms with Crippen LogP contribution in [0.1, 0.15) is 45.5 Å². The van der Waals surface area contributed by atoms with E-state index < -0.39 is 0 Å². The van der Waals surface area contributed by atoms with Crippen molar-refractivity contribution >= 4 is 23.3 Å². The summed E-state index contributed by atoms with van der Waals surface area (Å²) in [6, 6.07) is 3.52. The number of rotatable bonds is 4. The van der Waals surface area contributed by atoms with Crippen LogP contribution in [-0.2, 0) is 6.42 Å². The first-order valence-corrected chi connectivity index (χ1v) is 8.77. The van der Waals surface area contributed by atoms with E-state index in [1.165, 1.54) is 0 Å². The van der Waals surface area contributed by atoms with Gasteiger partial charge in [0.2, 0.25) is 0 Å². The van der Waals surface area contributed by atoms with E-state index in [0.717, 1.165) is 30.1 Å². The average molecular weight is 345 g/mol. The summed E-state index contributed by atoms with van der Waals surface area (Å²) in [5.41, 5.74) is 1.39. The molecule has 0 aliphatic carbocycles. The lowest BCUT2D eigenvalue weighted by Gasteiger charge is -2.32. The third-order valence-electron chi connectivity index (χ3n) is 4.14. The fraction of sp³-hybridized carbons (Fsp3) is 0.438. The van der Waals surface area contributed by atoms with E-state index in [-0.39, 0.29) is 17.9 Å². The first-order valence-electron chi connectivity index (χ1n) is 8.00. The lowest BCUT2D eigenvalue weighted by Crippen LogP contribution is -2.46. The summed E-state index contributed by atoms with van der Waals surface area (Å²) in [7, 11) is 0. The van der Waals surface area contributed by atoms with Crippen LogP contribution in [0.3, 0.4) is 0 Å². The molecule has 24 heavy (non-hydrogen) atoms. The minimum absolute atomic E-state index is 0.0158. The van der Waals surface area contributed by atoms with Crippen LogP contribution < -0.4 is 5.32 Å². The Balaban J connectivity index is 1.54. The van der Waals surface area contributed by atoms with Crippen molar-refractivity contribution in [3.05, 3.63) is 40.7 Å². The maximum atomic E-state index is 12.4. The second-order valence-corrected chi connectivity index (χ2v) is 6.43. The molecule has 3 heterocycles. The van der Waals surface area contributed by atoms with Crippen LogP contribution in [0.25, 0.3) is 0 Å². The molecular formula is C16H19N5O2S. The lowest BCUT2D eigenvalue weighted by molar-refractivity contribution is 0.0698. The Bertz CT molecular complexity index is 710. The highest BCUT2D eigenvalue weighted by Crippen LogP contribution is 2.16. The van der Waals surface area contributed by atoms with Crippen LogP contribution in [0.2, 0.25) is 0 Å². The number of hydrogen-bond donors (Lipinski definition) is 1. The molecule has 1 saturated heterocycles. The number of hydrogen-bond acceptors (Lipinski definition) is 6. The molecule has 8 heteroatoms. The molecule has 0 radical (unpaired) electrons. The zero-order valence-electron chi connectivity index (χ0n) is 13.4. The maximum absolute atomic E-state index is 12.4. The molecular weight excluding hydrogens is 326 g/mol. The van der Waals surface area contributed by atoms with Gasteiger partial charge in [0.05, 0.1) is 5.69 Å². The van der Waals surface area contributed by atoms with E-state index in [2.05, 4.69) is 19.9 Å². The van der Waals surface area contributed by atoms with Crippen LogP contribution >= 0.6 is 11.5 Å². The van der Waals surface area contributed by atoms with Gasteiger partial charge >= 0.3 is 0 Å². The Kier molecular flexibility index (Phi) is 5.14. The fourth-order valence-electron chi connectivity index (χ4n) is 2.77. The van der Waals surface area contributed by atoms with Crippen molar-refractivity contribution in [2.75, 3.05) is 13.1 Å². The van der Waals surface area contributed by atoms with Gasteiger partial charge in [-0.1, -0.05) is 11.4 Å². The molecule has 0 spiro atoms. The molecule has 1 aliphatic heterocycles. The topological polar surface area (TPSA) is 88.1 Å². The van der Waals surface area contributed by atoms with Crippen molar-refractivity contribution in [3.63, 3.8) is 0 Å². The van der Waals surface area contributed by atoms with Gasteiger partial charge < -0.3 is 10.2 Å². The van der Waals surface area contributed by atoms with Crippen molar-refractivity contribution in [2.24, 2.45) is 0 Å². The second-order valence-electron chi connectivity index (χ2n) is 5.68. The van der Waals surface area contributed by atoms with E-state index >= 15 is 0 Å². The molecule has 0 unspecified atom stereocenters. The van der Waals surface area contributed by atoms with Gasteiger partial charge in [0.15, 0.2) is 0 Å². The van der Waals surface area contributed by atoms with Crippen molar-refractivity contribution in [1.82, 2.24) is 24.8 Å². The number of pyridine rings is 1. The molecule has 2 amide bonds. The summed E-state index contributed by atoms with van der Waals surface area (Å²) in [6.45, 7) is 3.22. The average Bonchev–Trinajstić information content (AvgIpc) is 3.11. The molecule has 126 valence electrons. The highest BCUT2D eigenvalue weighted by atomic mass is 32.1. The van der Waals surface area contributed by atoms with E-state index in [1.807, 2.05) is 11.8 Å². The van der Waals surface area contributed by atoms with Crippen LogP contribution in [0, 0.1) is 0 Å². The summed E-state index contributed by atoms with van der Waals surface area (Å²) >= 11 is 1.13. The summed E-state index contributed by atoms with van der Waals surface area (Å²) in [4.78, 5) is 31.1. The van der Waals surface area contributed by atoms with E-state index in [1.54, 1.807) is 24.5 Å². The molecule has 0 atom stereocenters. The number of nitrogens with zero attached hydrogens (tertiary/aromatic N) is 4. The molecule has 1 aliphatic rings. The lowest BCUT2D eigenvalue weighted by atomic mass is 10.0. The zero-order valence-corrected chi connectivity index (χ0v) is 14.3. The smallest absolute Gasteiger partial charge is 0.265 e. The molecule has 2 aromatic heterocycles. The van der Waals surface area contributed by atoms with Gasteiger partial charge in [-0.3, -0.25) is 14.6 Å². The Morgan fingerprint density at radius 2 is 2.00 bits per heavy atom. The van der Waals surface area contributed by atoms with Gasteiger partial charge in [0.1, 0.15) is 4.88 Å². The normalized spacial score (nSPS) is 15.3. The first-order chi connectivity index (χ1) is 11.7.